The van der Waals surface area contributed by atoms with Crippen molar-refractivity contribution in [2.75, 3.05) is 14.2 Å². The molecule has 1 fully saturated rings. The van der Waals surface area contributed by atoms with Gasteiger partial charge in [-0.25, -0.2) is 0 Å². The highest BCUT2D eigenvalue weighted by Gasteiger charge is 2.39. The number of rotatable bonds is 4. The predicted molar refractivity (Wildman–Crippen MR) is 106 cm³/mol. The second-order valence-electron chi connectivity index (χ2n) is 6.21. The number of pyridine rings is 1. The van der Waals surface area contributed by atoms with Crippen LogP contribution in [0.25, 0.3) is 5.69 Å². The Morgan fingerprint density at radius 2 is 1.88 bits per heavy atom. The average molecular weight is 364 g/mol. The average Bonchev–Trinajstić information content (AvgIpc) is 3.27. The molecule has 0 amide bonds. The first-order valence-electron chi connectivity index (χ1n) is 8.45. The Morgan fingerprint density at radius 3 is 2.65 bits per heavy atom. The lowest BCUT2D eigenvalue weighted by Gasteiger charge is -2.26. The normalized spacial score (nSPS) is 19.5. The van der Waals surface area contributed by atoms with Gasteiger partial charge in [-0.1, -0.05) is 18.2 Å². The molecule has 1 aliphatic rings. The van der Waals surface area contributed by atoms with Crippen molar-refractivity contribution in [3.8, 4) is 11.4 Å². The monoisotopic (exact) mass is 364 g/mol. The molecule has 0 saturated carbocycles. The van der Waals surface area contributed by atoms with Gasteiger partial charge in [0.05, 0.1) is 30.6 Å². The Hall–Kier alpha value is -2.86. The van der Waals surface area contributed by atoms with Crippen LogP contribution < -0.4 is 10.1 Å². The molecule has 6 heteroatoms. The van der Waals surface area contributed by atoms with Crippen molar-refractivity contribution in [3.63, 3.8) is 0 Å². The molecule has 0 unspecified atom stereocenters. The third-order valence-electron chi connectivity index (χ3n) is 4.77. The van der Waals surface area contributed by atoms with Crippen molar-refractivity contribution in [1.29, 1.82) is 0 Å². The topological polar surface area (TPSA) is 42.3 Å². The maximum Gasteiger partial charge on any atom is 0.169 e. The van der Waals surface area contributed by atoms with Crippen LogP contribution in [0.1, 0.15) is 23.5 Å². The number of aromatic nitrogens is 2. The van der Waals surface area contributed by atoms with Crippen molar-refractivity contribution in [1.82, 2.24) is 19.8 Å². The minimum Gasteiger partial charge on any atom is -0.495 e. The fourth-order valence-corrected chi connectivity index (χ4v) is 3.75. The number of methoxy groups -OCH3 is 1. The highest BCUT2D eigenvalue weighted by Crippen LogP contribution is 2.39. The van der Waals surface area contributed by atoms with Crippen LogP contribution in [-0.2, 0) is 0 Å². The van der Waals surface area contributed by atoms with E-state index in [2.05, 4.69) is 38.1 Å². The second kappa shape index (κ2) is 6.80. The SMILES string of the molecule is COc1ccccc1-n1cccc1[C@@H]1[C@H](c2ccccn2)NC(=S)N1C. The maximum atomic E-state index is 5.56. The van der Waals surface area contributed by atoms with Gasteiger partial charge in [0, 0.05) is 25.1 Å². The molecule has 1 aromatic carbocycles. The molecular formula is C20H20N4OS. The van der Waals surface area contributed by atoms with Gasteiger partial charge in [0.2, 0.25) is 0 Å². The third-order valence-corrected chi connectivity index (χ3v) is 5.17. The van der Waals surface area contributed by atoms with Crippen molar-refractivity contribution in [2.24, 2.45) is 0 Å². The molecule has 1 aliphatic heterocycles. The Balaban J connectivity index is 1.82. The summed E-state index contributed by atoms with van der Waals surface area (Å²) in [6, 6.07) is 18.1. The number of hydrogen-bond donors (Lipinski definition) is 1. The number of hydrogen-bond acceptors (Lipinski definition) is 3. The summed E-state index contributed by atoms with van der Waals surface area (Å²) in [6.07, 6.45) is 3.87. The van der Waals surface area contributed by atoms with E-state index in [1.54, 1.807) is 7.11 Å². The van der Waals surface area contributed by atoms with E-state index >= 15 is 0 Å². The Morgan fingerprint density at radius 1 is 1.08 bits per heavy atom. The first-order chi connectivity index (χ1) is 12.7. The van der Waals surface area contributed by atoms with E-state index in [-0.39, 0.29) is 12.1 Å². The Kier molecular flexibility index (Phi) is 4.34. The highest BCUT2D eigenvalue weighted by molar-refractivity contribution is 7.80. The van der Waals surface area contributed by atoms with Gasteiger partial charge in [-0.3, -0.25) is 4.98 Å². The van der Waals surface area contributed by atoms with Crippen LogP contribution in [0, 0.1) is 0 Å². The lowest BCUT2D eigenvalue weighted by molar-refractivity contribution is 0.355. The molecule has 2 atom stereocenters. The summed E-state index contributed by atoms with van der Waals surface area (Å²) >= 11 is 5.53. The van der Waals surface area contributed by atoms with Crippen LogP contribution in [0.3, 0.4) is 0 Å². The van der Waals surface area contributed by atoms with Gasteiger partial charge in [0.1, 0.15) is 5.75 Å². The van der Waals surface area contributed by atoms with E-state index in [4.69, 9.17) is 17.0 Å². The number of thiocarbonyl (C=S) groups is 1. The number of likely N-dealkylation sites (N-methyl/N-ethyl adjacent to an activating group) is 1. The van der Waals surface area contributed by atoms with Crippen molar-refractivity contribution >= 4 is 17.3 Å². The zero-order valence-electron chi connectivity index (χ0n) is 14.7. The summed E-state index contributed by atoms with van der Waals surface area (Å²) in [5.41, 5.74) is 3.10. The number of nitrogens with one attached hydrogen (secondary N) is 1. The fourth-order valence-electron chi connectivity index (χ4n) is 3.51. The first kappa shape index (κ1) is 16.6. The molecule has 132 valence electrons. The van der Waals surface area contributed by atoms with Crippen molar-refractivity contribution in [2.45, 2.75) is 12.1 Å². The summed E-state index contributed by atoms with van der Waals surface area (Å²) < 4.78 is 7.72. The molecule has 5 nitrogen and oxygen atoms in total. The molecular weight excluding hydrogens is 344 g/mol. The fraction of sp³-hybridized carbons (Fsp3) is 0.200. The lowest BCUT2D eigenvalue weighted by atomic mass is 10.0. The number of nitrogens with zero attached hydrogens (tertiary/aromatic N) is 3. The summed E-state index contributed by atoms with van der Waals surface area (Å²) in [7, 11) is 3.71. The summed E-state index contributed by atoms with van der Waals surface area (Å²) in [6.45, 7) is 0. The van der Waals surface area contributed by atoms with E-state index in [1.807, 2.05) is 55.7 Å². The van der Waals surface area contributed by atoms with Crippen LogP contribution in [0.2, 0.25) is 0 Å². The molecule has 0 radical (unpaired) electrons. The van der Waals surface area contributed by atoms with Crippen molar-refractivity contribution < 1.29 is 4.74 Å². The van der Waals surface area contributed by atoms with Gasteiger partial charge in [0.15, 0.2) is 5.11 Å². The Labute approximate surface area is 158 Å². The zero-order valence-corrected chi connectivity index (χ0v) is 15.5. The summed E-state index contributed by atoms with van der Waals surface area (Å²) in [4.78, 5) is 6.64. The lowest BCUT2D eigenvalue weighted by Crippen LogP contribution is -2.26. The molecule has 26 heavy (non-hydrogen) atoms. The highest BCUT2D eigenvalue weighted by atomic mass is 32.1. The summed E-state index contributed by atoms with van der Waals surface area (Å²) in [5.74, 6) is 0.829. The molecule has 3 heterocycles. The molecule has 2 aromatic heterocycles. The largest absolute Gasteiger partial charge is 0.495 e. The molecule has 4 rings (SSSR count). The standard InChI is InChI=1S/C20H20N4OS/c1-23-19(18(22-20(23)26)14-8-5-6-12-21-14)16-10-7-13-24(16)15-9-3-4-11-17(15)25-2/h3-13,18-19H,1-2H3,(H,22,26)/t18-,19+/m0/s1. The molecule has 0 spiro atoms. The second-order valence-corrected chi connectivity index (χ2v) is 6.60. The molecule has 3 aromatic rings. The van der Waals surface area contributed by atoms with E-state index in [0.717, 1.165) is 27.9 Å². The van der Waals surface area contributed by atoms with Gasteiger partial charge in [-0.2, -0.15) is 0 Å². The number of para-hydroxylation sites is 2. The predicted octanol–water partition coefficient (Wildman–Crippen LogP) is 3.48. The molecule has 1 N–H and O–H groups in total. The molecule has 0 aliphatic carbocycles. The van der Waals surface area contributed by atoms with E-state index in [0.29, 0.717) is 0 Å². The maximum absolute atomic E-state index is 5.56. The van der Waals surface area contributed by atoms with Crippen LogP contribution in [-0.4, -0.2) is 33.7 Å². The van der Waals surface area contributed by atoms with E-state index < -0.39 is 0 Å². The minimum atomic E-state index is -0.0166. The van der Waals surface area contributed by atoms with Gasteiger partial charge in [-0.15, -0.1) is 0 Å². The Bertz CT molecular complexity index is 924. The van der Waals surface area contributed by atoms with Gasteiger partial charge in [0.25, 0.3) is 0 Å². The minimum absolute atomic E-state index is 0.0166. The van der Waals surface area contributed by atoms with Gasteiger partial charge >= 0.3 is 0 Å². The van der Waals surface area contributed by atoms with Crippen LogP contribution in [0.15, 0.2) is 67.0 Å². The summed E-state index contributed by atoms with van der Waals surface area (Å²) in [5, 5.41) is 4.14. The smallest absolute Gasteiger partial charge is 0.169 e. The van der Waals surface area contributed by atoms with Crippen LogP contribution >= 0.6 is 12.2 Å². The van der Waals surface area contributed by atoms with E-state index in [1.165, 1.54) is 0 Å². The zero-order chi connectivity index (χ0) is 18.1. The third kappa shape index (κ3) is 2.72. The number of ether oxygens (including phenoxy) is 1. The van der Waals surface area contributed by atoms with Gasteiger partial charge in [-0.05, 0) is 48.6 Å². The van der Waals surface area contributed by atoms with E-state index in [9.17, 15) is 0 Å². The quantitative estimate of drug-likeness (QED) is 0.718. The molecule has 1 saturated heterocycles. The van der Waals surface area contributed by atoms with Gasteiger partial charge < -0.3 is 19.5 Å². The van der Waals surface area contributed by atoms with Crippen molar-refractivity contribution in [3.05, 3.63) is 78.4 Å². The van der Waals surface area contributed by atoms with Crippen LogP contribution in [0.5, 0.6) is 5.75 Å². The first-order valence-corrected chi connectivity index (χ1v) is 8.86. The molecule has 0 bridgehead atoms. The van der Waals surface area contributed by atoms with Crippen LogP contribution in [0.4, 0.5) is 0 Å². The number of benzene rings is 1.